The molecule has 188 valence electrons. The molecule has 2 atom stereocenters. The van der Waals surface area contributed by atoms with Crippen molar-refractivity contribution in [2.75, 3.05) is 92.2 Å². The number of rotatable bonds is 8. The van der Waals surface area contributed by atoms with Gasteiger partial charge < -0.3 is 49.0 Å². The summed E-state index contributed by atoms with van der Waals surface area (Å²) in [5.74, 6) is -2.51. The van der Waals surface area contributed by atoms with Gasteiger partial charge in [0, 0.05) is 39.4 Å². The zero-order valence-electron chi connectivity index (χ0n) is 20.5. The van der Waals surface area contributed by atoms with Crippen molar-refractivity contribution in [1.29, 1.82) is 0 Å². The van der Waals surface area contributed by atoms with Crippen LogP contribution in [0, 0.1) is 0 Å². The number of carbonyl (C=O) groups is 2. The van der Waals surface area contributed by atoms with Gasteiger partial charge in [0.05, 0.1) is 76.9 Å². The average molecular weight is 510 g/mol. The Bertz CT molecular complexity index is 458. The monoisotopic (exact) mass is 510 g/mol. The van der Waals surface area contributed by atoms with Gasteiger partial charge in [-0.15, -0.1) is 0 Å². The summed E-state index contributed by atoms with van der Waals surface area (Å²) in [6.07, 6.45) is 0.0996. The van der Waals surface area contributed by atoms with Crippen LogP contribution in [0.25, 0.3) is 0 Å². The number of aliphatic hydroxyl groups excluding tert-OH is 2. The van der Waals surface area contributed by atoms with Crippen molar-refractivity contribution in [1.82, 2.24) is 9.80 Å². The topological polar surface area (TPSA) is 164 Å². The van der Waals surface area contributed by atoms with Crippen LogP contribution in [0.2, 0.25) is 0 Å². The van der Waals surface area contributed by atoms with E-state index >= 15 is 0 Å². The summed E-state index contributed by atoms with van der Waals surface area (Å²) in [4.78, 5) is 26.2. The van der Waals surface area contributed by atoms with Crippen LogP contribution in [-0.2, 0) is 28.5 Å². The molecule has 0 amide bonds. The molecule has 0 spiro atoms. The first-order valence-corrected chi connectivity index (χ1v) is 10.9. The normalized spacial score (nSPS) is 20.5. The van der Waals surface area contributed by atoms with E-state index in [4.69, 9.17) is 29.2 Å². The summed E-state index contributed by atoms with van der Waals surface area (Å²) < 4.78 is 22.1. The summed E-state index contributed by atoms with van der Waals surface area (Å²) in [7, 11) is 0. The van der Waals surface area contributed by atoms with Gasteiger partial charge in [-0.1, -0.05) is 0 Å². The van der Waals surface area contributed by atoms with E-state index in [0.717, 1.165) is 0 Å². The summed E-state index contributed by atoms with van der Waals surface area (Å²) in [5, 5.41) is 41.2. The molecular formula is C20H36N2Na2O10. The van der Waals surface area contributed by atoms with Crippen molar-refractivity contribution >= 4 is 11.9 Å². The maximum atomic E-state index is 11.4. The van der Waals surface area contributed by atoms with Gasteiger partial charge in [-0.05, 0) is 12.8 Å². The molecule has 0 aliphatic carbocycles. The minimum atomic E-state index is -1.26. The number of aliphatic carboxylic acids is 2. The van der Waals surface area contributed by atoms with Crippen molar-refractivity contribution in [3.8, 4) is 0 Å². The molecule has 1 saturated heterocycles. The molecule has 0 bridgehead atoms. The van der Waals surface area contributed by atoms with Crippen molar-refractivity contribution in [2.45, 2.75) is 24.9 Å². The van der Waals surface area contributed by atoms with Crippen LogP contribution < -0.4 is 69.3 Å². The molecule has 0 radical (unpaired) electrons. The maximum Gasteiger partial charge on any atom is 1.00 e. The Morgan fingerprint density at radius 1 is 0.618 bits per heavy atom. The molecule has 0 aromatic carbocycles. The number of hydrogen-bond acceptors (Lipinski definition) is 12. The molecule has 1 heterocycles. The predicted octanol–water partition coefficient (Wildman–Crippen LogP) is -10.3. The van der Waals surface area contributed by atoms with Crippen LogP contribution in [0.3, 0.4) is 0 Å². The number of hydrogen-bond donors (Lipinski definition) is 2. The quantitative estimate of drug-likeness (QED) is 0.297. The van der Waals surface area contributed by atoms with E-state index in [-0.39, 0.29) is 138 Å². The predicted molar refractivity (Wildman–Crippen MR) is 107 cm³/mol. The molecule has 1 rings (SSSR count). The molecule has 1 fully saturated rings. The van der Waals surface area contributed by atoms with Gasteiger partial charge in [0.1, 0.15) is 0 Å². The van der Waals surface area contributed by atoms with Crippen LogP contribution in [0.1, 0.15) is 12.8 Å². The molecular weight excluding hydrogens is 474 g/mol. The molecule has 0 saturated carbocycles. The second-order valence-corrected chi connectivity index (χ2v) is 7.22. The maximum absolute atomic E-state index is 11.4. The van der Waals surface area contributed by atoms with E-state index in [1.165, 1.54) is 0 Å². The number of aliphatic hydroxyl groups is 2. The van der Waals surface area contributed by atoms with Gasteiger partial charge in [0.25, 0.3) is 0 Å². The number of carbonyl (C=O) groups excluding carboxylic acids is 2. The van der Waals surface area contributed by atoms with E-state index in [2.05, 4.69) is 0 Å². The number of carboxylic acid groups (broad SMARTS) is 2. The Balaban J connectivity index is 0. The second kappa shape index (κ2) is 24.0. The molecule has 1 aliphatic heterocycles. The zero-order valence-corrected chi connectivity index (χ0v) is 24.5. The largest absolute Gasteiger partial charge is 1.00 e. The molecule has 0 aromatic rings. The number of nitrogens with zero attached hydrogens (tertiary/aromatic N) is 2. The third-order valence-electron chi connectivity index (χ3n) is 5.07. The van der Waals surface area contributed by atoms with Crippen molar-refractivity contribution < 1.29 is 108 Å². The smallest absolute Gasteiger partial charge is 0.548 e. The summed E-state index contributed by atoms with van der Waals surface area (Å²) >= 11 is 0. The number of carboxylic acids is 2. The zero-order chi connectivity index (χ0) is 23.6. The fourth-order valence-electron chi connectivity index (χ4n) is 3.36. The van der Waals surface area contributed by atoms with E-state index in [9.17, 15) is 19.8 Å². The summed E-state index contributed by atoms with van der Waals surface area (Å²) in [6.45, 7) is 2.91. The summed E-state index contributed by atoms with van der Waals surface area (Å²) in [6, 6.07) is -1.88. The van der Waals surface area contributed by atoms with E-state index in [1.807, 2.05) is 0 Å². The van der Waals surface area contributed by atoms with Gasteiger partial charge in [-0.2, -0.15) is 0 Å². The molecule has 34 heavy (non-hydrogen) atoms. The number of ether oxygens (including phenoxy) is 4. The second-order valence-electron chi connectivity index (χ2n) is 7.22. The molecule has 2 N–H and O–H groups in total. The van der Waals surface area contributed by atoms with Gasteiger partial charge in [0.15, 0.2) is 0 Å². The van der Waals surface area contributed by atoms with Crippen LogP contribution >= 0.6 is 0 Å². The van der Waals surface area contributed by atoms with Crippen LogP contribution in [-0.4, -0.2) is 136 Å². The minimum Gasteiger partial charge on any atom is -0.548 e. The molecule has 1 aliphatic rings. The fourth-order valence-corrected chi connectivity index (χ4v) is 3.36. The Kier molecular flexibility index (Phi) is 25.9. The third kappa shape index (κ3) is 16.4. The Morgan fingerprint density at radius 3 is 1.09 bits per heavy atom. The van der Waals surface area contributed by atoms with Crippen molar-refractivity contribution in [3.05, 3.63) is 0 Å². The van der Waals surface area contributed by atoms with Crippen molar-refractivity contribution in [3.63, 3.8) is 0 Å². The first kappa shape index (κ1) is 36.8. The van der Waals surface area contributed by atoms with Crippen LogP contribution in [0.5, 0.6) is 0 Å². The Hall–Kier alpha value is 0.620. The first-order valence-electron chi connectivity index (χ1n) is 10.9. The summed E-state index contributed by atoms with van der Waals surface area (Å²) in [5.41, 5.74) is 0. The molecule has 0 aromatic heterocycles. The van der Waals surface area contributed by atoms with E-state index < -0.39 is 24.0 Å². The van der Waals surface area contributed by atoms with Gasteiger partial charge in [0.2, 0.25) is 0 Å². The molecule has 2 unspecified atom stereocenters. The first-order chi connectivity index (χ1) is 15.5. The van der Waals surface area contributed by atoms with Gasteiger partial charge >= 0.3 is 59.1 Å². The molecule has 12 nitrogen and oxygen atoms in total. The molecule has 14 heteroatoms. The average Bonchev–Trinajstić information content (AvgIpc) is 2.76. The van der Waals surface area contributed by atoms with Crippen LogP contribution in [0.15, 0.2) is 0 Å². The Morgan fingerprint density at radius 2 is 0.882 bits per heavy atom. The standard InChI is InChI=1S/C20H38N2O10.2Na/c23-7-1-17(19(25)26)21-3-9-29-13-15-31-11-5-22(18(2-8-24)20(27)28)6-12-32-16-14-30-10-4-21;;/h17-18,23-24H,1-16H2,(H,25,26)(H,27,28);;/q;2*+1/p-2. The van der Waals surface area contributed by atoms with Crippen LogP contribution in [0.4, 0.5) is 0 Å². The van der Waals surface area contributed by atoms with Gasteiger partial charge in [-0.3, -0.25) is 9.80 Å². The Labute approximate surface area is 245 Å². The fraction of sp³-hybridized carbons (Fsp3) is 0.900. The van der Waals surface area contributed by atoms with Crippen molar-refractivity contribution in [2.24, 2.45) is 0 Å². The minimum absolute atomic E-state index is 0. The van der Waals surface area contributed by atoms with E-state index in [1.54, 1.807) is 9.80 Å². The van der Waals surface area contributed by atoms with Gasteiger partial charge in [-0.25, -0.2) is 0 Å². The van der Waals surface area contributed by atoms with E-state index in [0.29, 0.717) is 26.2 Å². The third-order valence-corrected chi connectivity index (χ3v) is 5.07. The SMILES string of the molecule is O=C([O-])C(CCO)N1CCOCCOCCN(C(CCO)C(=O)[O-])CCOCCOCC1.[Na+].[Na+].